The van der Waals surface area contributed by atoms with E-state index in [0.717, 1.165) is 25.3 Å². The molecule has 0 saturated carbocycles. The molecule has 1 saturated heterocycles. The van der Waals surface area contributed by atoms with E-state index in [-0.39, 0.29) is 5.91 Å². The summed E-state index contributed by atoms with van der Waals surface area (Å²) >= 11 is 0. The molecule has 4 nitrogen and oxygen atoms in total. The zero-order valence-electron chi connectivity index (χ0n) is 10.1. The summed E-state index contributed by atoms with van der Waals surface area (Å²) in [5.41, 5.74) is 0.862. The van der Waals surface area contributed by atoms with Gasteiger partial charge in [-0.2, -0.15) is 0 Å². The Morgan fingerprint density at radius 1 is 1.47 bits per heavy atom. The van der Waals surface area contributed by atoms with Crippen LogP contribution < -0.4 is 10.6 Å². The third kappa shape index (κ3) is 3.84. The molecule has 0 spiro atoms. The van der Waals surface area contributed by atoms with Crippen molar-refractivity contribution in [3.63, 3.8) is 0 Å². The number of rotatable bonds is 3. The second kappa shape index (κ2) is 5.80. The third-order valence-electron chi connectivity index (χ3n) is 2.88. The molecule has 17 heavy (non-hydrogen) atoms. The Kier molecular flexibility index (Phi) is 4.12. The quantitative estimate of drug-likeness (QED) is 0.816. The number of para-hydroxylation sites is 1. The highest BCUT2D eigenvalue weighted by atomic mass is 16.2. The Morgan fingerprint density at radius 2 is 2.24 bits per heavy atom. The van der Waals surface area contributed by atoms with Crippen LogP contribution in [0.15, 0.2) is 30.3 Å². The Bertz CT molecular complexity index is 366. The molecule has 1 aliphatic rings. The van der Waals surface area contributed by atoms with Gasteiger partial charge >= 0.3 is 0 Å². The number of hydrogen-bond donors (Lipinski definition) is 2. The van der Waals surface area contributed by atoms with Gasteiger partial charge in [0.05, 0.1) is 6.54 Å². The van der Waals surface area contributed by atoms with Crippen LogP contribution in [-0.4, -0.2) is 43.0 Å². The minimum atomic E-state index is 0.0605. The van der Waals surface area contributed by atoms with Crippen molar-refractivity contribution in [3.05, 3.63) is 30.3 Å². The predicted molar refractivity (Wildman–Crippen MR) is 69.0 cm³/mol. The smallest absolute Gasteiger partial charge is 0.238 e. The molecule has 0 radical (unpaired) electrons. The molecule has 0 bridgehead atoms. The van der Waals surface area contributed by atoms with Crippen LogP contribution in [0.5, 0.6) is 0 Å². The monoisotopic (exact) mass is 233 g/mol. The van der Waals surface area contributed by atoms with Crippen molar-refractivity contribution in [1.82, 2.24) is 10.2 Å². The van der Waals surface area contributed by atoms with Gasteiger partial charge in [0.2, 0.25) is 5.91 Å². The molecule has 1 heterocycles. The van der Waals surface area contributed by atoms with Gasteiger partial charge in [-0.15, -0.1) is 0 Å². The van der Waals surface area contributed by atoms with E-state index in [1.54, 1.807) is 0 Å². The number of amides is 1. The number of carbonyl (C=O) groups excluding carboxylic acids is 1. The van der Waals surface area contributed by atoms with Crippen LogP contribution in [-0.2, 0) is 4.79 Å². The van der Waals surface area contributed by atoms with E-state index in [1.165, 1.54) is 0 Å². The topological polar surface area (TPSA) is 44.4 Å². The van der Waals surface area contributed by atoms with Gasteiger partial charge in [-0.05, 0) is 19.1 Å². The summed E-state index contributed by atoms with van der Waals surface area (Å²) in [7, 11) is 0. The van der Waals surface area contributed by atoms with Crippen LogP contribution in [0.2, 0.25) is 0 Å². The first-order valence-corrected chi connectivity index (χ1v) is 6.04. The van der Waals surface area contributed by atoms with Gasteiger partial charge in [-0.1, -0.05) is 18.2 Å². The summed E-state index contributed by atoms with van der Waals surface area (Å²) in [6.45, 7) is 5.44. The molecule has 0 aromatic heterocycles. The minimum Gasteiger partial charge on any atom is -0.325 e. The largest absolute Gasteiger partial charge is 0.325 e. The van der Waals surface area contributed by atoms with Gasteiger partial charge in [0.15, 0.2) is 0 Å². The van der Waals surface area contributed by atoms with E-state index in [0.29, 0.717) is 12.6 Å². The number of nitrogens with one attached hydrogen (secondary N) is 2. The van der Waals surface area contributed by atoms with Gasteiger partial charge < -0.3 is 10.6 Å². The Balaban J connectivity index is 1.81. The highest BCUT2D eigenvalue weighted by molar-refractivity contribution is 5.92. The highest BCUT2D eigenvalue weighted by Gasteiger charge is 2.17. The van der Waals surface area contributed by atoms with E-state index in [1.807, 2.05) is 30.3 Å². The fraction of sp³-hybridized carbons (Fsp3) is 0.462. The number of piperazine rings is 1. The highest BCUT2D eigenvalue weighted by Crippen LogP contribution is 2.05. The standard InChI is InChI=1S/C13H19N3O/c1-11-9-16(8-7-14-11)10-13(17)15-12-5-3-2-4-6-12/h2-6,11,14H,7-10H2,1H3,(H,15,17)/t11-/m1/s1. The number of carbonyl (C=O) groups is 1. The maximum atomic E-state index is 11.8. The lowest BCUT2D eigenvalue weighted by Crippen LogP contribution is -2.51. The predicted octanol–water partition coefficient (Wildman–Crippen LogP) is 0.919. The van der Waals surface area contributed by atoms with Crippen molar-refractivity contribution in [2.75, 3.05) is 31.5 Å². The summed E-state index contributed by atoms with van der Waals surface area (Å²) in [6, 6.07) is 10.0. The van der Waals surface area contributed by atoms with Gasteiger partial charge in [-0.3, -0.25) is 9.69 Å². The van der Waals surface area contributed by atoms with Crippen LogP contribution in [0.25, 0.3) is 0 Å². The first-order chi connectivity index (χ1) is 8.24. The van der Waals surface area contributed by atoms with Crippen molar-refractivity contribution in [1.29, 1.82) is 0 Å². The lowest BCUT2D eigenvalue weighted by atomic mass is 10.2. The molecule has 4 heteroatoms. The lowest BCUT2D eigenvalue weighted by Gasteiger charge is -2.31. The van der Waals surface area contributed by atoms with Crippen molar-refractivity contribution in [3.8, 4) is 0 Å². The van der Waals surface area contributed by atoms with Crippen LogP contribution in [0.3, 0.4) is 0 Å². The Labute approximate surface area is 102 Å². The van der Waals surface area contributed by atoms with E-state index < -0.39 is 0 Å². The zero-order valence-corrected chi connectivity index (χ0v) is 10.1. The normalized spacial score (nSPS) is 21.1. The second-order valence-corrected chi connectivity index (χ2v) is 4.50. The average Bonchev–Trinajstić information content (AvgIpc) is 2.30. The molecule has 0 unspecified atom stereocenters. The van der Waals surface area contributed by atoms with E-state index in [9.17, 15) is 4.79 Å². The molecule has 1 aliphatic heterocycles. The third-order valence-corrected chi connectivity index (χ3v) is 2.88. The van der Waals surface area contributed by atoms with Gasteiger partial charge in [0.1, 0.15) is 0 Å². The zero-order chi connectivity index (χ0) is 12.1. The van der Waals surface area contributed by atoms with Gasteiger partial charge in [-0.25, -0.2) is 0 Å². The number of nitrogens with zero attached hydrogens (tertiary/aromatic N) is 1. The molecule has 0 aliphatic carbocycles. The fourth-order valence-corrected chi connectivity index (χ4v) is 2.08. The van der Waals surface area contributed by atoms with Crippen molar-refractivity contribution in [2.24, 2.45) is 0 Å². The maximum Gasteiger partial charge on any atom is 0.238 e. The molecule has 2 rings (SSSR count). The summed E-state index contributed by atoms with van der Waals surface area (Å²) in [4.78, 5) is 14.0. The SMILES string of the molecule is C[C@@H]1CN(CC(=O)Nc2ccccc2)CCN1. The molecular formula is C13H19N3O. The van der Waals surface area contributed by atoms with Crippen LogP contribution in [0, 0.1) is 0 Å². The van der Waals surface area contributed by atoms with Gasteiger partial charge in [0.25, 0.3) is 0 Å². The minimum absolute atomic E-state index is 0.0605. The van der Waals surface area contributed by atoms with Gasteiger partial charge in [0, 0.05) is 31.4 Å². The Hall–Kier alpha value is -1.39. The maximum absolute atomic E-state index is 11.8. The van der Waals surface area contributed by atoms with E-state index >= 15 is 0 Å². The van der Waals surface area contributed by atoms with Crippen molar-refractivity contribution < 1.29 is 4.79 Å². The summed E-state index contributed by atoms with van der Waals surface area (Å²) < 4.78 is 0. The summed E-state index contributed by atoms with van der Waals surface area (Å²) in [6.07, 6.45) is 0. The van der Waals surface area contributed by atoms with Crippen molar-refractivity contribution in [2.45, 2.75) is 13.0 Å². The van der Waals surface area contributed by atoms with Crippen molar-refractivity contribution >= 4 is 11.6 Å². The molecular weight excluding hydrogens is 214 g/mol. The molecule has 1 atom stereocenters. The molecule has 1 aromatic carbocycles. The Morgan fingerprint density at radius 3 is 2.94 bits per heavy atom. The second-order valence-electron chi connectivity index (χ2n) is 4.50. The molecule has 2 N–H and O–H groups in total. The average molecular weight is 233 g/mol. The number of hydrogen-bond acceptors (Lipinski definition) is 3. The first-order valence-electron chi connectivity index (χ1n) is 6.04. The number of anilines is 1. The lowest BCUT2D eigenvalue weighted by molar-refractivity contribution is -0.117. The molecule has 1 aromatic rings. The summed E-state index contributed by atoms with van der Waals surface area (Å²) in [5, 5.41) is 6.26. The first kappa shape index (κ1) is 12.1. The van der Waals surface area contributed by atoms with E-state index in [4.69, 9.17) is 0 Å². The van der Waals surface area contributed by atoms with Crippen LogP contribution >= 0.6 is 0 Å². The van der Waals surface area contributed by atoms with E-state index in [2.05, 4.69) is 22.5 Å². The molecule has 92 valence electrons. The molecule has 1 fully saturated rings. The summed E-state index contributed by atoms with van der Waals surface area (Å²) in [5.74, 6) is 0.0605. The fourth-order valence-electron chi connectivity index (χ4n) is 2.08. The van der Waals surface area contributed by atoms with Crippen LogP contribution in [0.4, 0.5) is 5.69 Å². The van der Waals surface area contributed by atoms with Crippen LogP contribution in [0.1, 0.15) is 6.92 Å². The molecule has 1 amide bonds. The number of benzene rings is 1.